The van der Waals surface area contributed by atoms with Crippen molar-refractivity contribution < 1.29 is 4.74 Å². The van der Waals surface area contributed by atoms with Crippen LogP contribution in [0, 0.1) is 0 Å². The highest BCUT2D eigenvalue weighted by Gasteiger charge is 2.28. The predicted octanol–water partition coefficient (Wildman–Crippen LogP) is 3.61. The molecule has 0 aliphatic heterocycles. The number of ether oxygens (including phenoxy) is 1. The molecule has 0 radical (unpaired) electrons. The van der Waals surface area contributed by atoms with Crippen LogP contribution >= 0.6 is 15.9 Å². The summed E-state index contributed by atoms with van der Waals surface area (Å²) >= 11 is 3.60. The molecular formula is C16H22BrN3O. The molecule has 1 aromatic carbocycles. The zero-order chi connectivity index (χ0) is 15.2. The second kappa shape index (κ2) is 7.73. The zero-order valence-electron chi connectivity index (χ0n) is 12.7. The van der Waals surface area contributed by atoms with E-state index >= 15 is 0 Å². The van der Waals surface area contributed by atoms with E-state index < -0.39 is 0 Å². The minimum Gasteiger partial charge on any atom is -0.375 e. The summed E-state index contributed by atoms with van der Waals surface area (Å²) in [5, 5.41) is 7.92. The van der Waals surface area contributed by atoms with Crippen LogP contribution in [0.3, 0.4) is 0 Å². The van der Waals surface area contributed by atoms with Gasteiger partial charge in [0.25, 0.3) is 0 Å². The highest BCUT2D eigenvalue weighted by atomic mass is 79.9. The van der Waals surface area contributed by atoms with Crippen LogP contribution in [0.5, 0.6) is 0 Å². The first-order chi connectivity index (χ1) is 10.2. The second-order valence-electron chi connectivity index (χ2n) is 5.00. The van der Waals surface area contributed by atoms with Crippen LogP contribution in [0.4, 0.5) is 0 Å². The zero-order valence-corrected chi connectivity index (χ0v) is 14.3. The third-order valence-electron chi connectivity index (χ3n) is 3.53. The number of hydrogen-bond acceptors (Lipinski definition) is 3. The van der Waals surface area contributed by atoms with Crippen molar-refractivity contribution >= 4 is 15.9 Å². The number of aryl methyl sites for hydroxylation is 1. The van der Waals surface area contributed by atoms with Gasteiger partial charge < -0.3 is 10.1 Å². The van der Waals surface area contributed by atoms with Gasteiger partial charge in [-0.15, -0.1) is 0 Å². The molecule has 0 amide bonds. The summed E-state index contributed by atoms with van der Waals surface area (Å²) in [5.74, 6) is 0. The summed E-state index contributed by atoms with van der Waals surface area (Å²) in [6, 6.07) is 10.3. The lowest BCUT2D eigenvalue weighted by Crippen LogP contribution is -2.31. The number of benzene rings is 1. The van der Waals surface area contributed by atoms with Crippen molar-refractivity contribution in [3.8, 4) is 0 Å². The van der Waals surface area contributed by atoms with Crippen molar-refractivity contribution in [1.29, 1.82) is 0 Å². The number of methoxy groups -OCH3 is 1. The SMILES string of the molecule is CCCNC(c1c(Br)cnn1C)C(OC)c1ccccc1. The summed E-state index contributed by atoms with van der Waals surface area (Å²) in [6.07, 6.45) is 2.83. The lowest BCUT2D eigenvalue weighted by atomic mass is 9.99. The van der Waals surface area contributed by atoms with E-state index in [0.717, 1.165) is 28.7 Å². The molecule has 21 heavy (non-hydrogen) atoms. The molecule has 0 saturated heterocycles. The first kappa shape index (κ1) is 16.2. The number of hydrogen-bond donors (Lipinski definition) is 1. The number of nitrogens with one attached hydrogen (secondary N) is 1. The van der Waals surface area contributed by atoms with Gasteiger partial charge in [-0.3, -0.25) is 4.68 Å². The highest BCUT2D eigenvalue weighted by Crippen LogP contribution is 2.34. The molecule has 4 nitrogen and oxygen atoms in total. The van der Waals surface area contributed by atoms with Crippen molar-refractivity contribution in [2.75, 3.05) is 13.7 Å². The maximum atomic E-state index is 5.80. The Balaban J connectivity index is 2.39. The third kappa shape index (κ3) is 3.73. The summed E-state index contributed by atoms with van der Waals surface area (Å²) in [5.41, 5.74) is 2.25. The van der Waals surface area contributed by atoms with Gasteiger partial charge in [-0.25, -0.2) is 0 Å². The van der Waals surface area contributed by atoms with Crippen molar-refractivity contribution in [3.05, 3.63) is 52.3 Å². The Morgan fingerprint density at radius 3 is 2.57 bits per heavy atom. The monoisotopic (exact) mass is 351 g/mol. The average Bonchev–Trinajstić information content (AvgIpc) is 2.84. The normalized spacial score (nSPS) is 14.1. The average molecular weight is 352 g/mol. The molecule has 0 spiro atoms. The molecule has 2 rings (SSSR count). The molecule has 0 bridgehead atoms. The molecule has 0 saturated carbocycles. The van der Waals surface area contributed by atoms with E-state index in [4.69, 9.17) is 4.74 Å². The molecule has 0 aliphatic carbocycles. The minimum absolute atomic E-state index is 0.0409. The maximum absolute atomic E-state index is 5.80. The molecule has 114 valence electrons. The number of aromatic nitrogens is 2. The van der Waals surface area contributed by atoms with E-state index in [1.165, 1.54) is 0 Å². The van der Waals surface area contributed by atoms with Crippen molar-refractivity contribution in [2.24, 2.45) is 7.05 Å². The molecule has 0 fully saturated rings. The first-order valence-corrected chi connectivity index (χ1v) is 7.96. The minimum atomic E-state index is -0.0653. The van der Waals surface area contributed by atoms with Gasteiger partial charge >= 0.3 is 0 Å². The number of halogens is 1. The lowest BCUT2D eigenvalue weighted by Gasteiger charge is -2.28. The molecule has 2 unspecified atom stereocenters. The topological polar surface area (TPSA) is 39.1 Å². The lowest BCUT2D eigenvalue weighted by molar-refractivity contribution is 0.0647. The van der Waals surface area contributed by atoms with E-state index in [9.17, 15) is 0 Å². The van der Waals surface area contributed by atoms with Gasteiger partial charge in [-0.1, -0.05) is 37.3 Å². The molecule has 1 N–H and O–H groups in total. The Labute approximate surface area is 134 Å². The quantitative estimate of drug-likeness (QED) is 0.827. The molecule has 5 heteroatoms. The van der Waals surface area contributed by atoms with Gasteiger partial charge in [0.05, 0.1) is 22.4 Å². The van der Waals surface area contributed by atoms with Crippen molar-refractivity contribution in [2.45, 2.75) is 25.5 Å². The first-order valence-electron chi connectivity index (χ1n) is 7.17. The Hall–Kier alpha value is -1.17. The molecule has 2 atom stereocenters. The van der Waals surface area contributed by atoms with E-state index in [1.807, 2.05) is 36.1 Å². The molecule has 1 heterocycles. The van der Waals surface area contributed by atoms with Crippen molar-refractivity contribution in [3.63, 3.8) is 0 Å². The van der Waals surface area contributed by atoms with Crippen LogP contribution in [-0.2, 0) is 11.8 Å². The summed E-state index contributed by atoms with van der Waals surface area (Å²) in [6.45, 7) is 3.08. The summed E-state index contributed by atoms with van der Waals surface area (Å²) in [4.78, 5) is 0. The Bertz CT molecular complexity index is 536. The van der Waals surface area contributed by atoms with E-state index in [-0.39, 0.29) is 12.1 Å². The molecule has 2 aromatic rings. The Kier molecular flexibility index (Phi) is 5.96. The van der Waals surface area contributed by atoms with Gasteiger partial charge in [0.1, 0.15) is 6.10 Å². The summed E-state index contributed by atoms with van der Waals surface area (Å²) < 4.78 is 8.70. The maximum Gasteiger partial charge on any atom is 0.103 e. The fourth-order valence-corrected chi connectivity index (χ4v) is 3.12. The van der Waals surface area contributed by atoms with Crippen LogP contribution in [0.25, 0.3) is 0 Å². The van der Waals surface area contributed by atoms with E-state index in [1.54, 1.807) is 7.11 Å². The largest absolute Gasteiger partial charge is 0.375 e. The molecule has 1 aromatic heterocycles. The number of rotatable bonds is 7. The van der Waals surface area contributed by atoms with Gasteiger partial charge in [0, 0.05) is 14.2 Å². The van der Waals surface area contributed by atoms with Crippen LogP contribution in [-0.4, -0.2) is 23.4 Å². The predicted molar refractivity (Wildman–Crippen MR) is 88.1 cm³/mol. The second-order valence-corrected chi connectivity index (χ2v) is 5.85. The third-order valence-corrected chi connectivity index (χ3v) is 4.14. The van der Waals surface area contributed by atoms with Crippen molar-refractivity contribution in [1.82, 2.24) is 15.1 Å². The highest BCUT2D eigenvalue weighted by molar-refractivity contribution is 9.10. The van der Waals surface area contributed by atoms with E-state index in [0.29, 0.717) is 0 Å². The molecule has 0 aliphatic rings. The van der Waals surface area contributed by atoms with Gasteiger partial charge in [-0.2, -0.15) is 5.10 Å². The summed E-state index contributed by atoms with van der Waals surface area (Å²) in [7, 11) is 3.71. The standard InChI is InChI=1S/C16H22BrN3O/c1-4-10-18-14(15-13(17)11-19-20(15)2)16(21-3)12-8-6-5-7-9-12/h5-9,11,14,16,18H,4,10H2,1-3H3. The van der Waals surface area contributed by atoms with E-state index in [2.05, 4.69) is 45.4 Å². The van der Waals surface area contributed by atoms with Crippen LogP contribution in [0.1, 0.15) is 36.7 Å². The number of nitrogens with zero attached hydrogens (tertiary/aromatic N) is 2. The van der Waals surface area contributed by atoms with Gasteiger partial charge in [0.15, 0.2) is 0 Å². The van der Waals surface area contributed by atoms with Crippen LogP contribution in [0.2, 0.25) is 0 Å². The Morgan fingerprint density at radius 2 is 2.05 bits per heavy atom. The Morgan fingerprint density at radius 1 is 1.33 bits per heavy atom. The smallest absolute Gasteiger partial charge is 0.103 e. The molecular weight excluding hydrogens is 330 g/mol. The van der Waals surface area contributed by atoms with Gasteiger partial charge in [-0.05, 0) is 34.5 Å². The fourth-order valence-electron chi connectivity index (χ4n) is 2.52. The van der Waals surface area contributed by atoms with Gasteiger partial charge in [0.2, 0.25) is 0 Å². The van der Waals surface area contributed by atoms with Crippen LogP contribution in [0.15, 0.2) is 41.0 Å². The van der Waals surface area contributed by atoms with Crippen LogP contribution < -0.4 is 5.32 Å². The fraction of sp³-hybridized carbons (Fsp3) is 0.438.